The van der Waals surface area contributed by atoms with Gasteiger partial charge in [-0.15, -0.1) is 0 Å². The van der Waals surface area contributed by atoms with Crippen LogP contribution in [0.4, 0.5) is 0 Å². The largest absolute Gasteiger partial charge is 0.460 e. The molecule has 0 aromatic heterocycles. The van der Waals surface area contributed by atoms with Gasteiger partial charge < -0.3 is 69.4 Å². The molecular formula is C56H89NO18. The molecule has 0 radical (unpaired) electrons. The number of allylic oxidation sites excluding steroid dienone is 6. The summed E-state index contributed by atoms with van der Waals surface area (Å²) >= 11 is 0. The maximum Gasteiger partial charge on any atom is 0.329 e. The van der Waals surface area contributed by atoms with Crippen LogP contribution in [0.2, 0.25) is 0 Å². The molecule has 4 rings (SSSR count). The number of aliphatic hydroxyl groups excluding tert-OH is 7. The lowest BCUT2D eigenvalue weighted by Crippen LogP contribution is -2.61. The fraction of sp³-hybridized carbons (Fsp3) is 0.768. The second kappa shape index (κ2) is 30.0. The number of rotatable bonds is 12. The Morgan fingerprint density at radius 3 is 2.19 bits per heavy atom. The number of esters is 1. The standard InChI is InChI=1S/C56H89NO18/c1-31-15-11-10-12-16-32(2)45(73-30-44(62)51(66)50(65)43(61)29-58)27-39-20-18-37(7)56(70,75-39)53(67)54(68)57-22-14-13-17-40(57)55(69)74-46(34(4)25-38-19-21-41(59)47(26-38)71-8)28-42(60)33(3)24-36(6)49(64)52(72-9)48(63)35(5)23-31/h10-12,15-16,24,31,33-35,37-41,43-47,49-52,58-59,61-62,64-66,70H,13-14,17-23,25-30H2,1-9H3/b12-10+,15-11+,32-16+,36-24+/t31-,33-,34-,35-,37-,38+,39+,40+,41-,43+,44+,45?,46+,47-,49-,50+,51+,52+,56-/m1/s1. The van der Waals surface area contributed by atoms with Gasteiger partial charge in [0.05, 0.1) is 37.6 Å². The van der Waals surface area contributed by atoms with Crippen LogP contribution in [0.15, 0.2) is 47.6 Å². The van der Waals surface area contributed by atoms with Crippen molar-refractivity contribution >= 4 is 29.2 Å². The monoisotopic (exact) mass is 1060 g/mol. The zero-order valence-corrected chi connectivity index (χ0v) is 45.6. The summed E-state index contributed by atoms with van der Waals surface area (Å²) in [4.78, 5) is 72.5. The van der Waals surface area contributed by atoms with E-state index in [1.54, 1.807) is 72.1 Å². The number of aliphatic hydroxyl groups is 8. The second-order valence-corrected chi connectivity index (χ2v) is 22.0. The summed E-state index contributed by atoms with van der Waals surface area (Å²) in [6, 6.07) is -1.24. The van der Waals surface area contributed by atoms with E-state index in [9.17, 15) is 64.8 Å². The zero-order chi connectivity index (χ0) is 55.9. The molecule has 19 heteroatoms. The van der Waals surface area contributed by atoms with Gasteiger partial charge in [-0.3, -0.25) is 19.2 Å². The minimum Gasteiger partial charge on any atom is -0.460 e. The van der Waals surface area contributed by atoms with Crippen LogP contribution in [0.1, 0.15) is 126 Å². The first kappa shape index (κ1) is 64.0. The third-order valence-corrected chi connectivity index (χ3v) is 16.0. The maximum absolute atomic E-state index is 14.5. The van der Waals surface area contributed by atoms with E-state index in [0.29, 0.717) is 62.5 Å². The molecule has 3 heterocycles. The quantitative estimate of drug-likeness (QED) is 0.0792. The molecule has 1 amide bonds. The van der Waals surface area contributed by atoms with Crippen molar-refractivity contribution in [2.24, 2.45) is 35.5 Å². The molecule has 1 saturated carbocycles. The number of amides is 1. The molecular weight excluding hydrogens is 975 g/mol. The number of carbonyl (C=O) groups excluding carboxylic acids is 5. The summed E-state index contributed by atoms with van der Waals surface area (Å²) in [6.45, 7) is 10.7. The number of nitrogens with zero attached hydrogens (tertiary/aromatic N) is 1. The molecule has 0 aromatic carbocycles. The van der Waals surface area contributed by atoms with E-state index in [0.717, 1.165) is 4.90 Å². The van der Waals surface area contributed by atoms with Crippen molar-refractivity contribution < 1.29 is 88.5 Å². The van der Waals surface area contributed by atoms with Gasteiger partial charge in [0.25, 0.3) is 11.7 Å². The summed E-state index contributed by atoms with van der Waals surface area (Å²) in [5.41, 5.74) is 0.912. The predicted octanol–water partition coefficient (Wildman–Crippen LogP) is 2.99. The van der Waals surface area contributed by atoms with Crippen molar-refractivity contribution in [2.45, 2.75) is 204 Å². The molecule has 19 atom stereocenters. The normalized spacial score (nSPS) is 38.4. The number of carbonyl (C=O) groups is 5. The third-order valence-electron chi connectivity index (χ3n) is 16.0. The third kappa shape index (κ3) is 17.5. The Balaban J connectivity index is 1.73. The highest BCUT2D eigenvalue weighted by Gasteiger charge is 2.53. The van der Waals surface area contributed by atoms with Crippen molar-refractivity contribution in [3.05, 3.63) is 47.6 Å². The molecule has 75 heavy (non-hydrogen) atoms. The minimum absolute atomic E-state index is 0.00685. The first-order valence-electron chi connectivity index (χ1n) is 27.0. The number of cyclic esters (lactones) is 1. The average Bonchev–Trinajstić information content (AvgIpc) is 3.39. The summed E-state index contributed by atoms with van der Waals surface area (Å²) in [5, 5.41) is 84.9. The second-order valence-electron chi connectivity index (χ2n) is 22.0. The molecule has 3 fully saturated rings. The van der Waals surface area contributed by atoms with E-state index < -0.39 is 127 Å². The van der Waals surface area contributed by atoms with Crippen LogP contribution < -0.4 is 0 Å². The molecule has 2 bridgehead atoms. The van der Waals surface area contributed by atoms with Crippen molar-refractivity contribution in [2.75, 3.05) is 34.0 Å². The number of methoxy groups -OCH3 is 2. The number of Topliss-reactive ketones (excluding diaryl/α,β-unsaturated/α-hetero) is 3. The summed E-state index contributed by atoms with van der Waals surface area (Å²) < 4.78 is 29.7. The molecule has 2 saturated heterocycles. The Morgan fingerprint density at radius 1 is 0.827 bits per heavy atom. The predicted molar refractivity (Wildman–Crippen MR) is 275 cm³/mol. The Morgan fingerprint density at radius 2 is 1.52 bits per heavy atom. The topological polar surface area (TPSA) is 297 Å². The molecule has 0 aromatic rings. The van der Waals surface area contributed by atoms with Gasteiger partial charge >= 0.3 is 5.97 Å². The van der Waals surface area contributed by atoms with Crippen LogP contribution in [0.5, 0.6) is 0 Å². The van der Waals surface area contributed by atoms with Gasteiger partial charge in [-0.05, 0) is 107 Å². The van der Waals surface area contributed by atoms with Crippen LogP contribution in [0.25, 0.3) is 0 Å². The fourth-order valence-corrected chi connectivity index (χ4v) is 10.9. The lowest BCUT2D eigenvalue weighted by atomic mass is 9.78. The van der Waals surface area contributed by atoms with Crippen LogP contribution in [0, 0.1) is 35.5 Å². The molecule has 4 aliphatic rings. The Bertz CT molecular complexity index is 2010. The molecule has 0 spiro atoms. The van der Waals surface area contributed by atoms with Gasteiger partial charge in [0.1, 0.15) is 54.6 Å². The highest BCUT2D eigenvalue weighted by atomic mass is 16.6. The van der Waals surface area contributed by atoms with E-state index in [1.165, 1.54) is 7.11 Å². The molecule has 3 aliphatic heterocycles. The van der Waals surface area contributed by atoms with Gasteiger partial charge in [0.2, 0.25) is 5.79 Å². The van der Waals surface area contributed by atoms with Crippen LogP contribution in [0.3, 0.4) is 0 Å². The SMILES string of the molecule is CO[C@@H]1C[C@H](C[C@@H](C)[C@@H]2CC(=O)[C@H](C)/C=C(\C)[C@@H](O)[C@@H](OC)C(=O)[C@H](C)C[C@H](C)/C=C/C=C/C=C(\C)C(OC[C@H](O)[C@H](O)[C@@H](O)[C@@H](O)CO)C[C@@H]3CC[C@@H](C)[C@@](O)(O3)C(=O)C(=O)N3CCCC[C@H]3C(=O)O2)CC[C@H]1O. The van der Waals surface area contributed by atoms with Gasteiger partial charge in [-0.25, -0.2) is 4.79 Å². The first-order valence-corrected chi connectivity index (χ1v) is 27.0. The Kier molecular flexibility index (Phi) is 25.6. The van der Waals surface area contributed by atoms with Crippen molar-refractivity contribution in [1.82, 2.24) is 4.90 Å². The zero-order valence-electron chi connectivity index (χ0n) is 45.6. The first-order chi connectivity index (χ1) is 35.4. The average molecular weight is 1060 g/mol. The van der Waals surface area contributed by atoms with Gasteiger partial charge in [-0.1, -0.05) is 71.1 Å². The highest BCUT2D eigenvalue weighted by Crippen LogP contribution is 2.38. The van der Waals surface area contributed by atoms with Gasteiger partial charge in [0, 0.05) is 51.4 Å². The molecule has 19 nitrogen and oxygen atoms in total. The summed E-state index contributed by atoms with van der Waals surface area (Å²) in [6.07, 6.45) is 0.805. The highest BCUT2D eigenvalue weighted by molar-refractivity contribution is 6.39. The molecule has 1 aliphatic carbocycles. The number of fused-ring (bicyclic) bond motifs is 3. The molecule has 8 N–H and O–H groups in total. The van der Waals surface area contributed by atoms with Crippen LogP contribution >= 0.6 is 0 Å². The van der Waals surface area contributed by atoms with E-state index >= 15 is 0 Å². The number of ether oxygens (including phenoxy) is 5. The Labute approximate surface area is 443 Å². The number of piperidine rings is 1. The van der Waals surface area contributed by atoms with E-state index in [1.807, 2.05) is 19.9 Å². The van der Waals surface area contributed by atoms with E-state index in [2.05, 4.69) is 0 Å². The number of hydrogen-bond donors (Lipinski definition) is 8. The van der Waals surface area contributed by atoms with E-state index in [-0.39, 0.29) is 61.7 Å². The van der Waals surface area contributed by atoms with Crippen LogP contribution in [-0.4, -0.2) is 188 Å². The Hall–Kier alpha value is -3.57. The fourth-order valence-electron chi connectivity index (χ4n) is 10.9. The summed E-state index contributed by atoms with van der Waals surface area (Å²) in [5.74, 6) is -9.14. The minimum atomic E-state index is -2.63. The van der Waals surface area contributed by atoms with Crippen molar-refractivity contribution in [1.29, 1.82) is 0 Å². The van der Waals surface area contributed by atoms with Gasteiger partial charge in [-0.2, -0.15) is 0 Å². The maximum atomic E-state index is 14.5. The number of ketones is 3. The summed E-state index contributed by atoms with van der Waals surface area (Å²) in [7, 11) is 2.88. The lowest BCUT2D eigenvalue weighted by Gasteiger charge is -2.43. The molecule has 426 valence electrons. The van der Waals surface area contributed by atoms with Gasteiger partial charge in [0.15, 0.2) is 5.78 Å². The number of hydrogen-bond acceptors (Lipinski definition) is 18. The van der Waals surface area contributed by atoms with Crippen molar-refractivity contribution in [3.63, 3.8) is 0 Å². The van der Waals surface area contributed by atoms with Crippen LogP contribution in [-0.2, 0) is 47.7 Å². The smallest absolute Gasteiger partial charge is 0.329 e. The molecule has 1 unspecified atom stereocenters. The van der Waals surface area contributed by atoms with E-state index in [4.69, 9.17) is 23.7 Å². The van der Waals surface area contributed by atoms with Crippen molar-refractivity contribution in [3.8, 4) is 0 Å². The lowest BCUT2D eigenvalue weighted by molar-refractivity contribution is -0.266.